The lowest BCUT2D eigenvalue weighted by Crippen LogP contribution is -2.42. The molecule has 0 fully saturated rings. The summed E-state index contributed by atoms with van der Waals surface area (Å²) in [7, 11) is 0. The van der Waals surface area contributed by atoms with Crippen molar-refractivity contribution in [3.8, 4) is 0 Å². The summed E-state index contributed by atoms with van der Waals surface area (Å²) in [5.41, 5.74) is 3.70. The van der Waals surface area contributed by atoms with Crippen molar-refractivity contribution < 1.29 is 14.4 Å². The molecule has 0 aliphatic carbocycles. The van der Waals surface area contributed by atoms with Gasteiger partial charge in [0.1, 0.15) is 18.6 Å². The van der Waals surface area contributed by atoms with Crippen molar-refractivity contribution in [2.45, 2.75) is 6.54 Å². The lowest BCUT2D eigenvalue weighted by molar-refractivity contribution is -0.117. The monoisotopic (exact) mass is 426 g/mol. The number of aromatic nitrogens is 3. The molecule has 0 radical (unpaired) electrons. The molecule has 3 amide bonds. The molecule has 9 heteroatoms. The fraction of sp³-hybridized carbons (Fsp3) is 0.0870. The van der Waals surface area contributed by atoms with E-state index in [9.17, 15) is 14.4 Å². The number of anilines is 3. The normalized spacial score (nSPS) is 12.9. The fourth-order valence-corrected chi connectivity index (χ4v) is 3.64. The Morgan fingerprint density at radius 1 is 0.969 bits per heavy atom. The molecular formula is C23H18N6O3. The molecule has 2 N–H and O–H groups in total. The third kappa shape index (κ3) is 3.67. The van der Waals surface area contributed by atoms with Gasteiger partial charge in [0.2, 0.25) is 11.8 Å². The Hall–Kier alpha value is -4.53. The highest BCUT2D eigenvalue weighted by atomic mass is 16.2. The number of hydrogen-bond donors (Lipinski definition) is 2. The number of para-hydroxylation sites is 3. The summed E-state index contributed by atoms with van der Waals surface area (Å²) in [6.07, 6.45) is 0. The van der Waals surface area contributed by atoms with Crippen LogP contribution in [0.3, 0.4) is 0 Å². The largest absolute Gasteiger partial charge is 0.324 e. The second-order valence-corrected chi connectivity index (χ2v) is 7.32. The maximum absolute atomic E-state index is 13.0. The predicted molar refractivity (Wildman–Crippen MR) is 119 cm³/mol. The zero-order valence-electron chi connectivity index (χ0n) is 16.9. The lowest BCUT2D eigenvalue weighted by atomic mass is 10.1. The van der Waals surface area contributed by atoms with Crippen molar-refractivity contribution in [1.29, 1.82) is 0 Å². The van der Waals surface area contributed by atoms with Gasteiger partial charge in [0.25, 0.3) is 5.91 Å². The van der Waals surface area contributed by atoms with Gasteiger partial charge >= 0.3 is 0 Å². The van der Waals surface area contributed by atoms with E-state index in [0.29, 0.717) is 22.6 Å². The molecule has 3 aromatic carbocycles. The minimum atomic E-state index is -0.292. The van der Waals surface area contributed by atoms with Crippen LogP contribution in [-0.2, 0) is 16.1 Å². The van der Waals surface area contributed by atoms with E-state index in [4.69, 9.17) is 0 Å². The van der Waals surface area contributed by atoms with Crippen LogP contribution in [0.2, 0.25) is 0 Å². The lowest BCUT2D eigenvalue weighted by Gasteiger charge is -2.29. The van der Waals surface area contributed by atoms with E-state index in [1.807, 2.05) is 30.3 Å². The molecule has 0 unspecified atom stereocenters. The second-order valence-electron chi connectivity index (χ2n) is 7.32. The molecule has 4 aromatic rings. The topological polar surface area (TPSA) is 109 Å². The Bertz CT molecular complexity index is 1350. The van der Waals surface area contributed by atoms with Gasteiger partial charge in [-0.05, 0) is 48.5 Å². The number of fused-ring (bicyclic) bond motifs is 2. The number of rotatable bonds is 4. The first-order valence-corrected chi connectivity index (χ1v) is 9.97. The van der Waals surface area contributed by atoms with E-state index in [2.05, 4.69) is 20.9 Å². The van der Waals surface area contributed by atoms with E-state index in [1.54, 1.807) is 42.5 Å². The average molecular weight is 426 g/mol. The molecule has 5 rings (SSSR count). The van der Waals surface area contributed by atoms with Crippen molar-refractivity contribution in [2.75, 3.05) is 22.1 Å². The van der Waals surface area contributed by atoms with E-state index < -0.39 is 0 Å². The van der Waals surface area contributed by atoms with Crippen LogP contribution in [0.25, 0.3) is 11.0 Å². The molecule has 0 spiro atoms. The maximum atomic E-state index is 13.0. The van der Waals surface area contributed by atoms with Gasteiger partial charge in [-0.25, -0.2) is 4.68 Å². The van der Waals surface area contributed by atoms with Crippen LogP contribution in [0, 0.1) is 0 Å². The van der Waals surface area contributed by atoms with Gasteiger partial charge in [0.05, 0.1) is 16.9 Å². The van der Waals surface area contributed by atoms with Crippen LogP contribution in [-0.4, -0.2) is 39.3 Å². The molecule has 158 valence electrons. The molecule has 32 heavy (non-hydrogen) atoms. The van der Waals surface area contributed by atoms with Gasteiger partial charge in [0.15, 0.2) is 0 Å². The first-order valence-electron chi connectivity index (χ1n) is 9.97. The number of benzene rings is 3. The Labute approximate surface area is 182 Å². The highest BCUT2D eigenvalue weighted by Crippen LogP contribution is 2.30. The molecule has 0 atom stereocenters. The summed E-state index contributed by atoms with van der Waals surface area (Å²) in [5, 5.41) is 13.6. The van der Waals surface area contributed by atoms with E-state index in [-0.39, 0.29) is 30.8 Å². The van der Waals surface area contributed by atoms with Crippen LogP contribution in [0.15, 0.2) is 72.8 Å². The maximum Gasteiger partial charge on any atom is 0.258 e. The zero-order chi connectivity index (χ0) is 22.1. The number of carbonyl (C=O) groups excluding carboxylic acids is 3. The Morgan fingerprint density at radius 3 is 2.56 bits per heavy atom. The molecule has 0 saturated carbocycles. The predicted octanol–water partition coefficient (Wildman–Crippen LogP) is 2.67. The van der Waals surface area contributed by atoms with Gasteiger partial charge in [0, 0.05) is 11.3 Å². The van der Waals surface area contributed by atoms with E-state index in [1.165, 1.54) is 9.58 Å². The zero-order valence-corrected chi connectivity index (χ0v) is 16.9. The summed E-state index contributed by atoms with van der Waals surface area (Å²) < 4.78 is 1.53. The molecule has 2 heterocycles. The number of amides is 3. The Balaban J connectivity index is 1.29. The summed E-state index contributed by atoms with van der Waals surface area (Å²) in [5.74, 6) is -0.804. The SMILES string of the molecule is O=C(Cn1nnc2ccccc21)Nc1ccc(C(=O)N2CC(=O)Nc3ccccc32)cc1. The van der Waals surface area contributed by atoms with Gasteiger partial charge in [-0.2, -0.15) is 0 Å². The van der Waals surface area contributed by atoms with E-state index in [0.717, 1.165) is 11.0 Å². The van der Waals surface area contributed by atoms with Crippen molar-refractivity contribution in [1.82, 2.24) is 15.0 Å². The third-order valence-corrected chi connectivity index (χ3v) is 5.15. The number of carbonyl (C=O) groups is 3. The minimum Gasteiger partial charge on any atom is -0.324 e. The van der Waals surface area contributed by atoms with Crippen LogP contribution in [0.5, 0.6) is 0 Å². The van der Waals surface area contributed by atoms with Crippen molar-refractivity contribution >= 4 is 45.8 Å². The smallest absolute Gasteiger partial charge is 0.258 e. The van der Waals surface area contributed by atoms with Crippen LogP contribution >= 0.6 is 0 Å². The standard InChI is InChI=1S/C23H18N6O3/c30-21-13-28(19-7-3-1-5-17(19)25-21)23(32)15-9-11-16(12-10-15)24-22(31)14-29-20-8-4-2-6-18(20)26-27-29/h1-12H,13-14H2,(H,24,31)(H,25,30). The fourth-order valence-electron chi connectivity index (χ4n) is 3.64. The number of nitrogens with one attached hydrogen (secondary N) is 2. The Morgan fingerprint density at radius 2 is 1.72 bits per heavy atom. The van der Waals surface area contributed by atoms with Crippen molar-refractivity contribution in [2.24, 2.45) is 0 Å². The molecule has 0 saturated heterocycles. The van der Waals surface area contributed by atoms with Crippen molar-refractivity contribution in [3.63, 3.8) is 0 Å². The van der Waals surface area contributed by atoms with Gasteiger partial charge in [-0.1, -0.05) is 29.5 Å². The molecule has 1 aliphatic rings. The first kappa shape index (κ1) is 19.4. The average Bonchev–Trinajstić information content (AvgIpc) is 3.21. The third-order valence-electron chi connectivity index (χ3n) is 5.15. The molecular weight excluding hydrogens is 408 g/mol. The summed E-state index contributed by atoms with van der Waals surface area (Å²) in [4.78, 5) is 38.9. The summed E-state index contributed by atoms with van der Waals surface area (Å²) >= 11 is 0. The summed E-state index contributed by atoms with van der Waals surface area (Å²) in [6, 6.07) is 21.1. The Kier molecular flexibility index (Phi) is 4.83. The molecule has 1 aliphatic heterocycles. The first-order chi connectivity index (χ1) is 15.6. The second kappa shape index (κ2) is 7.95. The molecule has 1 aromatic heterocycles. The van der Waals surface area contributed by atoms with Crippen LogP contribution in [0.1, 0.15) is 10.4 Å². The van der Waals surface area contributed by atoms with Crippen LogP contribution in [0.4, 0.5) is 17.1 Å². The number of nitrogens with zero attached hydrogens (tertiary/aromatic N) is 4. The molecule has 0 bridgehead atoms. The summed E-state index contributed by atoms with van der Waals surface area (Å²) in [6.45, 7) is -0.0406. The molecule has 9 nitrogen and oxygen atoms in total. The van der Waals surface area contributed by atoms with Crippen molar-refractivity contribution in [3.05, 3.63) is 78.4 Å². The number of hydrogen-bond acceptors (Lipinski definition) is 5. The van der Waals surface area contributed by atoms with E-state index >= 15 is 0 Å². The quantitative estimate of drug-likeness (QED) is 0.521. The minimum absolute atomic E-state index is 0.0148. The van der Waals surface area contributed by atoms with Gasteiger partial charge in [-0.15, -0.1) is 5.10 Å². The highest BCUT2D eigenvalue weighted by Gasteiger charge is 2.27. The van der Waals surface area contributed by atoms with Gasteiger partial charge in [-0.3, -0.25) is 19.3 Å². The van der Waals surface area contributed by atoms with Crippen LogP contribution < -0.4 is 15.5 Å². The van der Waals surface area contributed by atoms with Gasteiger partial charge < -0.3 is 10.6 Å². The highest BCUT2D eigenvalue weighted by molar-refractivity contribution is 6.15.